The van der Waals surface area contributed by atoms with Crippen LogP contribution in [0.3, 0.4) is 0 Å². The van der Waals surface area contributed by atoms with Gasteiger partial charge in [-0.25, -0.2) is 0 Å². The first kappa shape index (κ1) is 22.6. The zero-order chi connectivity index (χ0) is 20.2. The van der Waals surface area contributed by atoms with Gasteiger partial charge in [-0.3, -0.25) is 14.7 Å². The van der Waals surface area contributed by atoms with Crippen LogP contribution < -0.4 is 16.4 Å². The van der Waals surface area contributed by atoms with E-state index in [0.717, 1.165) is 57.9 Å². The molecule has 1 aliphatic heterocycles. The normalized spacial score (nSPS) is 18.1. The molecule has 1 aromatic rings. The third-order valence-corrected chi connectivity index (χ3v) is 5.75. The number of guanidine groups is 1. The van der Waals surface area contributed by atoms with Crippen LogP contribution in [0.5, 0.6) is 0 Å². The van der Waals surface area contributed by atoms with Crippen LogP contribution in [-0.2, 0) is 17.9 Å². The number of nitrogens with two attached hydrogens (primary N) is 1. The van der Waals surface area contributed by atoms with Crippen molar-refractivity contribution < 1.29 is 4.79 Å². The second-order valence-electron chi connectivity index (χ2n) is 7.35. The smallest absolute Gasteiger partial charge is 0.221 e. The number of benzene rings is 1. The molecule has 2 rings (SSSR count). The number of hydrogen-bond donors (Lipinski definition) is 3. The minimum Gasteiger partial charge on any atom is -0.369 e. The molecule has 28 heavy (non-hydrogen) atoms. The Kier molecular flexibility index (Phi) is 10.2. The summed E-state index contributed by atoms with van der Waals surface area (Å²) in [5, 5.41) is 6.76. The van der Waals surface area contributed by atoms with Gasteiger partial charge in [-0.05, 0) is 55.4 Å². The van der Waals surface area contributed by atoms with Crippen molar-refractivity contribution in [2.24, 2.45) is 16.6 Å². The predicted molar refractivity (Wildman–Crippen MR) is 119 cm³/mol. The van der Waals surface area contributed by atoms with Crippen molar-refractivity contribution in [3.05, 3.63) is 35.4 Å². The molecule has 1 unspecified atom stereocenters. The SMILES string of the molecule is CN=C(NCCCCSC)NCc1cccc(CN2CCCC(C(N)=O)C2)c1. The number of unbranched alkanes of at least 4 members (excludes halogenated alkanes) is 1. The first-order valence-corrected chi connectivity index (χ1v) is 11.5. The highest BCUT2D eigenvalue weighted by molar-refractivity contribution is 7.98. The standard InChI is InChI=1S/C21H35N5OS/c1-23-21(24-10-3-4-12-28-2)25-14-17-7-5-8-18(13-17)15-26-11-6-9-19(16-26)20(22)27/h5,7-8,13,19H,3-4,6,9-12,14-16H2,1-2H3,(H2,22,27)(H2,23,24,25). The Bertz CT molecular complexity index is 637. The van der Waals surface area contributed by atoms with E-state index in [1.807, 2.05) is 11.8 Å². The highest BCUT2D eigenvalue weighted by Gasteiger charge is 2.23. The molecule has 1 amide bonds. The van der Waals surface area contributed by atoms with Gasteiger partial charge < -0.3 is 16.4 Å². The van der Waals surface area contributed by atoms with Gasteiger partial charge >= 0.3 is 0 Å². The Morgan fingerprint density at radius 1 is 1.32 bits per heavy atom. The second-order valence-corrected chi connectivity index (χ2v) is 8.33. The number of hydrogen-bond acceptors (Lipinski definition) is 4. The molecule has 1 fully saturated rings. The number of nitrogens with one attached hydrogen (secondary N) is 2. The van der Waals surface area contributed by atoms with Crippen LogP contribution in [0.4, 0.5) is 0 Å². The Hall–Kier alpha value is -1.73. The van der Waals surface area contributed by atoms with Crippen LogP contribution in [0.1, 0.15) is 36.8 Å². The molecular formula is C21H35N5OS. The number of carbonyl (C=O) groups excluding carboxylic acids is 1. The van der Waals surface area contributed by atoms with Crippen LogP contribution in [0.25, 0.3) is 0 Å². The number of nitrogens with zero attached hydrogens (tertiary/aromatic N) is 2. The molecule has 156 valence electrons. The summed E-state index contributed by atoms with van der Waals surface area (Å²) in [6.45, 7) is 4.34. The molecule has 7 heteroatoms. The van der Waals surface area contributed by atoms with Crippen molar-refractivity contribution in [1.82, 2.24) is 15.5 Å². The van der Waals surface area contributed by atoms with Gasteiger partial charge in [-0.2, -0.15) is 11.8 Å². The molecule has 0 saturated carbocycles. The summed E-state index contributed by atoms with van der Waals surface area (Å²) in [4.78, 5) is 18.1. The third kappa shape index (κ3) is 8.10. The summed E-state index contributed by atoms with van der Waals surface area (Å²) in [5.74, 6) is 1.87. The lowest BCUT2D eigenvalue weighted by Gasteiger charge is -2.31. The fourth-order valence-corrected chi connectivity index (χ4v) is 4.00. The first-order valence-electron chi connectivity index (χ1n) is 10.1. The van der Waals surface area contributed by atoms with Crippen molar-refractivity contribution in [2.75, 3.05) is 38.7 Å². The van der Waals surface area contributed by atoms with Crippen molar-refractivity contribution in [3.63, 3.8) is 0 Å². The molecule has 0 bridgehead atoms. The van der Waals surface area contributed by atoms with Crippen LogP contribution in [0.2, 0.25) is 0 Å². The zero-order valence-electron chi connectivity index (χ0n) is 17.2. The molecule has 6 nitrogen and oxygen atoms in total. The molecule has 1 heterocycles. The number of rotatable bonds is 10. The van der Waals surface area contributed by atoms with Gasteiger partial charge in [-0.1, -0.05) is 24.3 Å². The summed E-state index contributed by atoms with van der Waals surface area (Å²) < 4.78 is 0. The summed E-state index contributed by atoms with van der Waals surface area (Å²) in [5.41, 5.74) is 7.99. The lowest BCUT2D eigenvalue weighted by Crippen LogP contribution is -2.40. The van der Waals surface area contributed by atoms with E-state index in [4.69, 9.17) is 5.73 Å². The fraction of sp³-hybridized carbons (Fsp3) is 0.619. The van der Waals surface area contributed by atoms with Gasteiger partial charge in [0, 0.05) is 33.2 Å². The fourth-order valence-electron chi connectivity index (χ4n) is 3.51. The topological polar surface area (TPSA) is 82.8 Å². The number of likely N-dealkylation sites (tertiary alicyclic amines) is 1. The lowest BCUT2D eigenvalue weighted by atomic mass is 9.97. The molecule has 1 saturated heterocycles. The van der Waals surface area contributed by atoms with Gasteiger partial charge in [0.2, 0.25) is 5.91 Å². The summed E-state index contributed by atoms with van der Waals surface area (Å²) in [7, 11) is 1.80. The second kappa shape index (κ2) is 12.7. The maximum Gasteiger partial charge on any atom is 0.221 e. The Balaban J connectivity index is 1.79. The van der Waals surface area contributed by atoms with Crippen LogP contribution >= 0.6 is 11.8 Å². The molecule has 1 aromatic carbocycles. The molecule has 0 spiro atoms. The van der Waals surface area contributed by atoms with Gasteiger partial charge in [0.25, 0.3) is 0 Å². The van der Waals surface area contributed by atoms with Crippen molar-refractivity contribution in [2.45, 2.75) is 38.8 Å². The van der Waals surface area contributed by atoms with Crippen molar-refractivity contribution >= 4 is 23.6 Å². The van der Waals surface area contributed by atoms with E-state index in [2.05, 4.69) is 51.0 Å². The van der Waals surface area contributed by atoms with E-state index in [1.165, 1.54) is 23.3 Å². The van der Waals surface area contributed by atoms with Crippen molar-refractivity contribution in [1.29, 1.82) is 0 Å². The highest BCUT2D eigenvalue weighted by atomic mass is 32.2. The Morgan fingerprint density at radius 3 is 2.89 bits per heavy atom. The quantitative estimate of drug-likeness (QED) is 0.316. The highest BCUT2D eigenvalue weighted by Crippen LogP contribution is 2.18. The molecule has 4 N–H and O–H groups in total. The number of thioether (sulfide) groups is 1. The van der Waals surface area contributed by atoms with Crippen LogP contribution in [0, 0.1) is 5.92 Å². The average Bonchev–Trinajstić information content (AvgIpc) is 2.70. The maximum atomic E-state index is 11.5. The minimum atomic E-state index is -0.171. The van der Waals surface area contributed by atoms with Gasteiger partial charge in [0.1, 0.15) is 0 Å². The van der Waals surface area contributed by atoms with E-state index in [0.29, 0.717) is 0 Å². The maximum absolute atomic E-state index is 11.5. The van der Waals surface area contributed by atoms with Crippen LogP contribution in [0.15, 0.2) is 29.3 Å². The minimum absolute atomic E-state index is 0.0103. The Morgan fingerprint density at radius 2 is 2.14 bits per heavy atom. The van der Waals surface area contributed by atoms with Gasteiger partial charge in [0.05, 0.1) is 5.92 Å². The van der Waals surface area contributed by atoms with E-state index in [-0.39, 0.29) is 11.8 Å². The number of piperidine rings is 1. The monoisotopic (exact) mass is 405 g/mol. The van der Waals surface area contributed by atoms with Gasteiger partial charge in [-0.15, -0.1) is 0 Å². The van der Waals surface area contributed by atoms with E-state index in [9.17, 15) is 4.79 Å². The largest absolute Gasteiger partial charge is 0.369 e. The van der Waals surface area contributed by atoms with Gasteiger partial charge in [0.15, 0.2) is 5.96 Å². The van der Waals surface area contributed by atoms with E-state index < -0.39 is 0 Å². The third-order valence-electron chi connectivity index (χ3n) is 5.06. The molecule has 0 aliphatic carbocycles. The lowest BCUT2D eigenvalue weighted by molar-refractivity contribution is -0.123. The predicted octanol–water partition coefficient (Wildman–Crippen LogP) is 2.19. The van der Waals surface area contributed by atoms with Crippen molar-refractivity contribution in [3.8, 4) is 0 Å². The summed E-state index contributed by atoms with van der Waals surface area (Å²) in [6.07, 6.45) is 6.47. The summed E-state index contributed by atoms with van der Waals surface area (Å²) >= 11 is 1.89. The average molecular weight is 406 g/mol. The van der Waals surface area contributed by atoms with E-state index >= 15 is 0 Å². The molecule has 1 atom stereocenters. The first-order chi connectivity index (χ1) is 13.6. The molecule has 0 aromatic heterocycles. The zero-order valence-corrected chi connectivity index (χ0v) is 18.1. The molecular weight excluding hydrogens is 370 g/mol. The molecule has 0 radical (unpaired) electrons. The molecule has 1 aliphatic rings. The van der Waals surface area contributed by atoms with E-state index in [1.54, 1.807) is 7.05 Å². The number of carbonyl (C=O) groups is 1. The summed E-state index contributed by atoms with van der Waals surface area (Å²) in [6, 6.07) is 8.61. The number of amides is 1. The Labute approximate surface area is 173 Å². The number of aliphatic imine (C=N–C) groups is 1. The number of primary amides is 1. The van der Waals surface area contributed by atoms with Crippen LogP contribution in [-0.4, -0.2) is 55.5 Å².